The summed E-state index contributed by atoms with van der Waals surface area (Å²) in [4.78, 5) is 23.5. The van der Waals surface area contributed by atoms with Crippen LogP contribution in [0, 0.1) is 5.41 Å². The predicted octanol–water partition coefficient (Wildman–Crippen LogP) is -0.316. The molecule has 0 aromatic heterocycles. The van der Waals surface area contributed by atoms with Gasteiger partial charge in [-0.25, -0.2) is 0 Å². The number of aliphatic hydroxyl groups excluding tert-OH is 1. The monoisotopic (exact) mass is 181 g/mol. The van der Waals surface area contributed by atoms with Gasteiger partial charge >= 0.3 is 0 Å². The first kappa shape index (κ1) is 8.44. The van der Waals surface area contributed by atoms with E-state index in [4.69, 9.17) is 5.11 Å². The quantitative estimate of drug-likeness (QED) is 0.607. The summed E-state index contributed by atoms with van der Waals surface area (Å²) in [6.45, 7) is 0.429. The van der Waals surface area contributed by atoms with Gasteiger partial charge in [0.2, 0.25) is 0 Å². The van der Waals surface area contributed by atoms with Crippen LogP contribution in [0.2, 0.25) is 0 Å². The van der Waals surface area contributed by atoms with Crippen molar-refractivity contribution in [1.29, 1.82) is 0 Å². The number of carbonyl (C=O) groups excluding carboxylic acids is 2. The van der Waals surface area contributed by atoms with E-state index in [9.17, 15) is 9.59 Å². The average molecular weight is 181 g/mol. The van der Waals surface area contributed by atoms with Crippen LogP contribution in [0.4, 0.5) is 0 Å². The number of rotatable bonds is 3. The molecular weight excluding hydrogens is 170 g/mol. The lowest BCUT2D eigenvalue weighted by Gasteiger charge is -2.19. The molecule has 2 amide bonds. The fourth-order valence-electron chi connectivity index (χ4n) is 1.47. The maximum atomic E-state index is 11.1. The highest BCUT2D eigenvalue weighted by atomic mass is 16.3. The molecule has 0 aromatic carbocycles. The Balaban J connectivity index is 2.03. The molecule has 1 fully saturated rings. The van der Waals surface area contributed by atoms with E-state index in [2.05, 4.69) is 0 Å². The zero-order chi connectivity index (χ0) is 9.47. The number of nitrogens with zero attached hydrogens (tertiary/aromatic N) is 1. The Hall–Kier alpha value is -1.16. The van der Waals surface area contributed by atoms with E-state index in [1.54, 1.807) is 0 Å². The largest absolute Gasteiger partial charge is 0.396 e. The lowest BCUT2D eigenvalue weighted by atomic mass is 10.1. The summed E-state index contributed by atoms with van der Waals surface area (Å²) in [5.74, 6) is -0.519. The van der Waals surface area contributed by atoms with E-state index < -0.39 is 0 Å². The summed E-state index contributed by atoms with van der Waals surface area (Å²) in [6, 6.07) is 0. The van der Waals surface area contributed by atoms with E-state index in [-0.39, 0.29) is 23.8 Å². The smallest absolute Gasteiger partial charge is 0.253 e. The molecule has 1 aliphatic heterocycles. The van der Waals surface area contributed by atoms with Crippen molar-refractivity contribution in [3.8, 4) is 0 Å². The van der Waals surface area contributed by atoms with Crippen LogP contribution in [-0.2, 0) is 9.59 Å². The zero-order valence-electron chi connectivity index (χ0n) is 7.19. The normalized spacial score (nSPS) is 24.2. The van der Waals surface area contributed by atoms with Crippen molar-refractivity contribution in [2.24, 2.45) is 5.41 Å². The summed E-state index contributed by atoms with van der Waals surface area (Å²) in [7, 11) is 0. The minimum Gasteiger partial charge on any atom is -0.396 e. The van der Waals surface area contributed by atoms with Gasteiger partial charge in [0, 0.05) is 24.1 Å². The molecule has 0 radical (unpaired) electrons. The van der Waals surface area contributed by atoms with Gasteiger partial charge < -0.3 is 5.11 Å². The fraction of sp³-hybridized carbons (Fsp3) is 0.556. The van der Waals surface area contributed by atoms with Crippen LogP contribution in [0.3, 0.4) is 0 Å². The van der Waals surface area contributed by atoms with Crippen LogP contribution in [0.15, 0.2) is 12.2 Å². The molecule has 2 aliphatic rings. The minimum absolute atomic E-state index is 0.0596. The highest BCUT2D eigenvalue weighted by Crippen LogP contribution is 2.45. The van der Waals surface area contributed by atoms with E-state index in [0.717, 1.165) is 12.8 Å². The number of hydrogen-bond acceptors (Lipinski definition) is 3. The average Bonchev–Trinajstić information content (AvgIpc) is 2.84. The highest BCUT2D eigenvalue weighted by Gasteiger charge is 2.45. The molecular formula is C9H11NO3. The van der Waals surface area contributed by atoms with Crippen LogP contribution in [0.25, 0.3) is 0 Å². The molecule has 0 spiro atoms. The Morgan fingerprint density at radius 2 is 1.85 bits per heavy atom. The molecule has 0 unspecified atom stereocenters. The zero-order valence-corrected chi connectivity index (χ0v) is 7.19. The van der Waals surface area contributed by atoms with Crippen LogP contribution in [0.5, 0.6) is 0 Å². The molecule has 2 rings (SSSR count). The van der Waals surface area contributed by atoms with Crippen LogP contribution in [0.1, 0.15) is 12.8 Å². The molecule has 4 nitrogen and oxygen atoms in total. The Labute approximate surface area is 75.8 Å². The van der Waals surface area contributed by atoms with E-state index in [1.807, 2.05) is 0 Å². The molecule has 1 N–H and O–H groups in total. The van der Waals surface area contributed by atoms with Gasteiger partial charge in [-0.3, -0.25) is 14.5 Å². The molecule has 1 aliphatic carbocycles. The van der Waals surface area contributed by atoms with Gasteiger partial charge in [0.25, 0.3) is 11.8 Å². The van der Waals surface area contributed by atoms with Gasteiger partial charge in [-0.1, -0.05) is 0 Å². The Kier molecular flexibility index (Phi) is 1.73. The predicted molar refractivity (Wildman–Crippen MR) is 44.6 cm³/mol. The Morgan fingerprint density at radius 1 is 1.31 bits per heavy atom. The van der Waals surface area contributed by atoms with Crippen molar-refractivity contribution in [3.63, 3.8) is 0 Å². The third-order valence-electron chi connectivity index (χ3n) is 2.69. The SMILES string of the molecule is O=C1C=CC(=O)N1CC1(CO)CC1. The van der Waals surface area contributed by atoms with E-state index in [1.165, 1.54) is 17.1 Å². The van der Waals surface area contributed by atoms with Crippen molar-refractivity contribution in [2.45, 2.75) is 12.8 Å². The number of hydrogen-bond donors (Lipinski definition) is 1. The van der Waals surface area contributed by atoms with Gasteiger partial charge in [0.15, 0.2) is 0 Å². The third-order valence-corrected chi connectivity index (χ3v) is 2.69. The van der Waals surface area contributed by atoms with Crippen molar-refractivity contribution >= 4 is 11.8 Å². The first-order chi connectivity index (χ1) is 6.17. The fourth-order valence-corrected chi connectivity index (χ4v) is 1.47. The van der Waals surface area contributed by atoms with E-state index >= 15 is 0 Å². The summed E-state index contributed by atoms with van der Waals surface area (Å²) in [6.07, 6.45) is 4.35. The molecule has 0 saturated heterocycles. The van der Waals surface area contributed by atoms with Gasteiger partial charge in [-0.2, -0.15) is 0 Å². The maximum absolute atomic E-state index is 11.1. The van der Waals surface area contributed by atoms with Crippen molar-refractivity contribution in [1.82, 2.24) is 4.90 Å². The number of carbonyl (C=O) groups is 2. The van der Waals surface area contributed by atoms with Crippen LogP contribution in [-0.4, -0.2) is 35.0 Å². The number of amides is 2. The Bertz CT molecular complexity index is 273. The van der Waals surface area contributed by atoms with Gasteiger partial charge in [-0.15, -0.1) is 0 Å². The van der Waals surface area contributed by atoms with Gasteiger partial charge in [0.05, 0.1) is 6.61 Å². The summed E-state index contributed by atoms with van der Waals surface area (Å²) in [5, 5.41) is 9.02. The molecule has 1 saturated carbocycles. The molecule has 70 valence electrons. The molecule has 0 aromatic rings. The highest BCUT2D eigenvalue weighted by molar-refractivity contribution is 6.12. The lowest BCUT2D eigenvalue weighted by molar-refractivity contribution is -0.138. The van der Waals surface area contributed by atoms with Crippen molar-refractivity contribution < 1.29 is 14.7 Å². The molecule has 4 heteroatoms. The molecule has 0 bridgehead atoms. The second-order valence-corrected chi connectivity index (χ2v) is 3.75. The van der Waals surface area contributed by atoms with Crippen LogP contribution >= 0.6 is 0 Å². The molecule has 13 heavy (non-hydrogen) atoms. The van der Waals surface area contributed by atoms with Crippen molar-refractivity contribution in [3.05, 3.63) is 12.2 Å². The lowest BCUT2D eigenvalue weighted by Crippen LogP contribution is -2.36. The number of imide groups is 1. The third kappa shape index (κ3) is 1.37. The van der Waals surface area contributed by atoms with Crippen LogP contribution < -0.4 is 0 Å². The first-order valence-electron chi connectivity index (χ1n) is 4.31. The van der Waals surface area contributed by atoms with Gasteiger partial charge in [-0.05, 0) is 12.8 Å². The standard InChI is InChI=1S/C9H11NO3/c11-6-9(3-4-9)5-10-7(12)1-2-8(10)13/h1-2,11H,3-6H2. The summed E-state index contributed by atoms with van der Waals surface area (Å²) < 4.78 is 0. The van der Waals surface area contributed by atoms with E-state index in [0.29, 0.717) is 6.54 Å². The number of aliphatic hydroxyl groups is 1. The summed E-state index contributed by atoms with van der Waals surface area (Å²) in [5.41, 5.74) is -0.183. The molecule has 1 heterocycles. The Morgan fingerprint density at radius 3 is 2.23 bits per heavy atom. The molecule has 0 atom stereocenters. The topological polar surface area (TPSA) is 57.6 Å². The first-order valence-corrected chi connectivity index (χ1v) is 4.31. The van der Waals surface area contributed by atoms with Crippen molar-refractivity contribution in [2.75, 3.05) is 13.2 Å². The maximum Gasteiger partial charge on any atom is 0.253 e. The second kappa shape index (κ2) is 2.67. The summed E-state index contributed by atoms with van der Waals surface area (Å²) >= 11 is 0. The van der Waals surface area contributed by atoms with Gasteiger partial charge in [0.1, 0.15) is 0 Å². The minimum atomic E-state index is -0.260. The second-order valence-electron chi connectivity index (χ2n) is 3.75.